The summed E-state index contributed by atoms with van der Waals surface area (Å²) in [7, 11) is 0. The van der Waals surface area contributed by atoms with E-state index in [1.807, 2.05) is 24.3 Å². The van der Waals surface area contributed by atoms with E-state index in [4.69, 9.17) is 0 Å². The van der Waals surface area contributed by atoms with E-state index in [2.05, 4.69) is 57.9 Å². The number of carbonyl (C=O) groups excluding carboxylic acids is 1. The van der Waals surface area contributed by atoms with Crippen molar-refractivity contribution in [1.29, 1.82) is 0 Å². The molecule has 4 aromatic rings. The van der Waals surface area contributed by atoms with Gasteiger partial charge in [-0.3, -0.25) is 4.79 Å². The molecular formula is C24H18OS2. The predicted molar refractivity (Wildman–Crippen MR) is 113 cm³/mol. The number of rotatable bonds is 4. The highest BCUT2D eigenvalue weighted by Gasteiger charge is 2.43. The van der Waals surface area contributed by atoms with Gasteiger partial charge in [-0.05, 0) is 68.7 Å². The van der Waals surface area contributed by atoms with Crippen LogP contribution in [-0.4, -0.2) is 5.78 Å². The molecule has 2 aromatic carbocycles. The first kappa shape index (κ1) is 16.7. The second kappa shape index (κ2) is 6.59. The zero-order valence-corrected chi connectivity index (χ0v) is 16.4. The molecule has 0 spiro atoms. The fourth-order valence-corrected chi connectivity index (χ4v) is 5.75. The Labute approximate surface area is 166 Å². The van der Waals surface area contributed by atoms with Crippen LogP contribution in [0.15, 0.2) is 82.2 Å². The number of hydrogen-bond acceptors (Lipinski definition) is 3. The minimum absolute atomic E-state index is 0.146. The summed E-state index contributed by atoms with van der Waals surface area (Å²) in [6.45, 7) is 0. The molecule has 3 heteroatoms. The second-order valence-electron chi connectivity index (χ2n) is 7.12. The average molecular weight is 387 g/mol. The van der Waals surface area contributed by atoms with Crippen molar-refractivity contribution < 1.29 is 4.79 Å². The Morgan fingerprint density at radius 2 is 1.15 bits per heavy atom. The molecule has 132 valence electrons. The van der Waals surface area contributed by atoms with Crippen LogP contribution in [0.4, 0.5) is 0 Å². The summed E-state index contributed by atoms with van der Waals surface area (Å²) in [6.07, 6.45) is 1.79. The van der Waals surface area contributed by atoms with Crippen molar-refractivity contribution in [3.8, 4) is 0 Å². The summed E-state index contributed by atoms with van der Waals surface area (Å²) in [6, 6.07) is 20.8. The molecule has 1 aliphatic rings. The average Bonchev–Trinajstić information content (AvgIpc) is 3.40. The summed E-state index contributed by atoms with van der Waals surface area (Å²) in [5.74, 6) is 0.146. The Morgan fingerprint density at radius 3 is 1.59 bits per heavy atom. The van der Waals surface area contributed by atoms with Crippen LogP contribution >= 0.6 is 22.7 Å². The molecule has 2 heterocycles. The maximum atomic E-state index is 13.2. The lowest BCUT2D eigenvalue weighted by molar-refractivity contribution is 0.102. The van der Waals surface area contributed by atoms with Gasteiger partial charge in [-0.1, -0.05) is 48.5 Å². The van der Waals surface area contributed by atoms with E-state index in [0.717, 1.165) is 35.1 Å². The third-order valence-corrected chi connectivity index (χ3v) is 7.01. The summed E-state index contributed by atoms with van der Waals surface area (Å²) >= 11 is 3.47. The minimum Gasteiger partial charge on any atom is -0.289 e. The highest BCUT2D eigenvalue weighted by atomic mass is 32.1. The fraction of sp³-hybridized carbons (Fsp3) is 0.125. The van der Waals surface area contributed by atoms with Crippen molar-refractivity contribution in [2.24, 2.45) is 0 Å². The quantitative estimate of drug-likeness (QED) is 0.413. The number of carbonyl (C=O) groups is 1. The van der Waals surface area contributed by atoms with Crippen molar-refractivity contribution in [3.63, 3.8) is 0 Å². The zero-order valence-electron chi connectivity index (χ0n) is 14.7. The molecule has 1 nitrogen and oxygen atoms in total. The van der Waals surface area contributed by atoms with Crippen LogP contribution in [0.25, 0.3) is 0 Å². The number of ketones is 1. The standard InChI is InChI=1S/C24H18OS2/c25-23-19-5-1-3-7-21(19)24(13-17-9-11-26-15-17,14-18-10-12-27-16-18)22-8-4-2-6-20(22)23/h1-12,15-16H,13-14H2. The van der Waals surface area contributed by atoms with E-state index in [0.29, 0.717) is 0 Å². The van der Waals surface area contributed by atoms with Gasteiger partial charge in [-0.25, -0.2) is 0 Å². The molecule has 27 heavy (non-hydrogen) atoms. The van der Waals surface area contributed by atoms with E-state index >= 15 is 0 Å². The molecule has 0 radical (unpaired) electrons. The van der Waals surface area contributed by atoms with E-state index in [1.165, 1.54) is 11.1 Å². The predicted octanol–water partition coefficient (Wildman–Crippen LogP) is 6.13. The van der Waals surface area contributed by atoms with Crippen LogP contribution in [0.2, 0.25) is 0 Å². The third-order valence-electron chi connectivity index (χ3n) is 5.55. The van der Waals surface area contributed by atoms with Crippen LogP contribution in [0, 0.1) is 0 Å². The smallest absolute Gasteiger partial charge is 0.193 e. The summed E-state index contributed by atoms with van der Waals surface area (Å²) < 4.78 is 0. The Bertz CT molecular complexity index is 1000. The first-order chi connectivity index (χ1) is 13.3. The first-order valence-corrected chi connectivity index (χ1v) is 10.9. The molecule has 2 aromatic heterocycles. The van der Waals surface area contributed by atoms with Crippen molar-refractivity contribution in [1.82, 2.24) is 0 Å². The van der Waals surface area contributed by atoms with Gasteiger partial charge in [0.2, 0.25) is 0 Å². The van der Waals surface area contributed by atoms with Gasteiger partial charge in [0.15, 0.2) is 5.78 Å². The number of fused-ring (bicyclic) bond motifs is 2. The lowest BCUT2D eigenvalue weighted by Gasteiger charge is -2.40. The summed E-state index contributed by atoms with van der Waals surface area (Å²) in [4.78, 5) is 13.2. The second-order valence-corrected chi connectivity index (χ2v) is 8.68. The summed E-state index contributed by atoms with van der Waals surface area (Å²) in [5, 5.41) is 8.74. The molecule has 0 amide bonds. The van der Waals surface area contributed by atoms with Gasteiger partial charge >= 0.3 is 0 Å². The van der Waals surface area contributed by atoms with Crippen LogP contribution in [-0.2, 0) is 18.3 Å². The minimum atomic E-state index is -0.233. The van der Waals surface area contributed by atoms with Crippen molar-refractivity contribution >= 4 is 28.5 Å². The highest BCUT2D eigenvalue weighted by molar-refractivity contribution is 7.08. The van der Waals surface area contributed by atoms with Crippen molar-refractivity contribution in [2.75, 3.05) is 0 Å². The van der Waals surface area contributed by atoms with E-state index in [1.54, 1.807) is 22.7 Å². The van der Waals surface area contributed by atoms with Crippen molar-refractivity contribution in [3.05, 3.63) is 116 Å². The third kappa shape index (κ3) is 2.70. The van der Waals surface area contributed by atoms with E-state index < -0.39 is 0 Å². The monoisotopic (exact) mass is 386 g/mol. The lowest BCUT2D eigenvalue weighted by Crippen LogP contribution is -2.39. The van der Waals surface area contributed by atoms with Gasteiger partial charge in [0, 0.05) is 16.5 Å². The van der Waals surface area contributed by atoms with Gasteiger partial charge in [0.05, 0.1) is 0 Å². The van der Waals surface area contributed by atoms with Gasteiger partial charge < -0.3 is 0 Å². The van der Waals surface area contributed by atoms with E-state index in [-0.39, 0.29) is 11.2 Å². The maximum Gasteiger partial charge on any atom is 0.193 e. The maximum absolute atomic E-state index is 13.2. The normalized spacial score (nSPS) is 14.6. The highest BCUT2D eigenvalue weighted by Crippen LogP contribution is 2.46. The molecule has 5 rings (SSSR count). The first-order valence-electron chi connectivity index (χ1n) is 9.04. The lowest BCUT2D eigenvalue weighted by atomic mass is 9.61. The van der Waals surface area contributed by atoms with Crippen LogP contribution < -0.4 is 0 Å². The molecule has 0 saturated carbocycles. The molecular weight excluding hydrogens is 368 g/mol. The number of benzene rings is 2. The zero-order chi connectivity index (χ0) is 18.3. The van der Waals surface area contributed by atoms with E-state index in [9.17, 15) is 4.79 Å². The topological polar surface area (TPSA) is 17.1 Å². The molecule has 0 bridgehead atoms. The van der Waals surface area contributed by atoms with Crippen LogP contribution in [0.1, 0.15) is 38.2 Å². The Kier molecular flexibility index (Phi) is 4.07. The Hall–Kier alpha value is -2.49. The molecule has 1 aliphatic carbocycles. The van der Waals surface area contributed by atoms with Crippen LogP contribution in [0.5, 0.6) is 0 Å². The number of thiophene rings is 2. The Balaban J connectivity index is 1.80. The fourth-order valence-electron chi connectivity index (χ4n) is 4.41. The molecule has 0 atom stereocenters. The Morgan fingerprint density at radius 1 is 0.667 bits per heavy atom. The van der Waals surface area contributed by atoms with Gasteiger partial charge in [0.1, 0.15) is 0 Å². The molecule has 0 saturated heterocycles. The SMILES string of the molecule is O=C1c2ccccc2C(Cc2ccsc2)(Cc2ccsc2)c2ccccc21. The largest absolute Gasteiger partial charge is 0.289 e. The van der Waals surface area contributed by atoms with Gasteiger partial charge in [-0.15, -0.1) is 0 Å². The summed E-state index contributed by atoms with van der Waals surface area (Å²) in [5.41, 5.74) is 6.44. The van der Waals surface area contributed by atoms with Gasteiger partial charge in [0.25, 0.3) is 0 Å². The van der Waals surface area contributed by atoms with Gasteiger partial charge in [-0.2, -0.15) is 22.7 Å². The number of hydrogen-bond donors (Lipinski definition) is 0. The van der Waals surface area contributed by atoms with Crippen LogP contribution in [0.3, 0.4) is 0 Å². The molecule has 0 aliphatic heterocycles. The molecule has 0 unspecified atom stereocenters. The van der Waals surface area contributed by atoms with Crippen molar-refractivity contribution in [2.45, 2.75) is 18.3 Å². The molecule has 0 N–H and O–H groups in total. The molecule has 0 fully saturated rings.